The highest BCUT2D eigenvalue weighted by molar-refractivity contribution is 9.10. The minimum atomic E-state index is -1.05. The lowest BCUT2D eigenvalue weighted by Gasteiger charge is -2.06. The Hall–Kier alpha value is -0.680. The molecule has 0 fully saturated rings. The quantitative estimate of drug-likeness (QED) is 0.730. The molecule has 1 heterocycles. The average molecular weight is 265 g/mol. The summed E-state index contributed by atoms with van der Waals surface area (Å²) in [5.74, 6) is -2.24. The molecular weight excluding hydrogens is 258 g/mol. The Bertz CT molecular complexity index is 395. The Labute approximate surface area is 87.6 Å². The number of fused-ring (bicyclic) bond motifs is 1. The van der Waals surface area contributed by atoms with E-state index in [0.29, 0.717) is 4.47 Å². The molecule has 76 valence electrons. The van der Waals surface area contributed by atoms with E-state index in [2.05, 4.69) is 15.9 Å². The van der Waals surface area contributed by atoms with Crippen LogP contribution in [-0.2, 0) is 0 Å². The number of ether oxygens (including phenoxy) is 1. The summed E-state index contributed by atoms with van der Waals surface area (Å²) in [6.07, 6.45) is -1.48. The second-order valence-corrected chi connectivity index (χ2v) is 4.02. The van der Waals surface area contributed by atoms with E-state index in [-0.39, 0.29) is 11.3 Å². The van der Waals surface area contributed by atoms with Crippen LogP contribution >= 0.6 is 15.9 Å². The van der Waals surface area contributed by atoms with E-state index in [1.54, 1.807) is 6.92 Å². The van der Waals surface area contributed by atoms with E-state index in [1.165, 1.54) is 0 Å². The van der Waals surface area contributed by atoms with E-state index in [1.807, 2.05) is 0 Å². The summed E-state index contributed by atoms with van der Waals surface area (Å²) in [6, 6.07) is 0.985. The lowest BCUT2D eigenvalue weighted by atomic mass is 10.1. The summed E-state index contributed by atoms with van der Waals surface area (Å²) in [4.78, 5) is 0. The largest absolute Gasteiger partial charge is 0.484 e. The first-order chi connectivity index (χ1) is 6.52. The summed E-state index contributed by atoms with van der Waals surface area (Å²) < 4.78 is 31.5. The molecule has 0 aromatic heterocycles. The first-order valence-corrected chi connectivity index (χ1v) is 4.83. The highest BCUT2D eigenvalue weighted by Crippen LogP contribution is 2.43. The number of aliphatic hydroxyl groups is 1. The number of hydrogen-bond acceptors (Lipinski definition) is 2. The van der Waals surface area contributed by atoms with Crippen molar-refractivity contribution in [1.29, 1.82) is 0 Å². The normalized spacial score (nSPS) is 24.6. The molecule has 0 saturated heterocycles. The van der Waals surface area contributed by atoms with Crippen molar-refractivity contribution < 1.29 is 18.6 Å². The van der Waals surface area contributed by atoms with Gasteiger partial charge in [0.2, 0.25) is 5.82 Å². The number of benzene rings is 1. The molecule has 2 nitrogen and oxygen atoms in total. The van der Waals surface area contributed by atoms with Crippen LogP contribution in [0.15, 0.2) is 10.5 Å². The van der Waals surface area contributed by atoms with Crippen molar-refractivity contribution in [3.8, 4) is 5.75 Å². The molecular formula is C9H7BrF2O2. The predicted octanol–water partition coefficient (Wildman–Crippen LogP) is 2.54. The molecule has 1 aliphatic heterocycles. The van der Waals surface area contributed by atoms with Gasteiger partial charge in [0.05, 0.1) is 0 Å². The Morgan fingerprint density at radius 2 is 2.14 bits per heavy atom. The van der Waals surface area contributed by atoms with Gasteiger partial charge in [-0.05, 0) is 13.0 Å². The van der Waals surface area contributed by atoms with Crippen LogP contribution in [0.3, 0.4) is 0 Å². The maximum Gasteiger partial charge on any atom is 0.201 e. The van der Waals surface area contributed by atoms with Gasteiger partial charge in [0.1, 0.15) is 12.2 Å². The number of hydrogen-bond donors (Lipinski definition) is 1. The van der Waals surface area contributed by atoms with Crippen LogP contribution < -0.4 is 4.74 Å². The number of aliphatic hydroxyl groups excluding tert-OH is 1. The molecule has 2 unspecified atom stereocenters. The Kier molecular flexibility index (Phi) is 2.23. The van der Waals surface area contributed by atoms with Gasteiger partial charge in [0, 0.05) is 10.0 Å². The summed E-state index contributed by atoms with van der Waals surface area (Å²) in [5, 5.41) is 9.60. The van der Waals surface area contributed by atoms with Crippen LogP contribution in [0.2, 0.25) is 0 Å². The number of rotatable bonds is 0. The molecule has 2 atom stereocenters. The highest BCUT2D eigenvalue weighted by Gasteiger charge is 2.35. The molecule has 0 bridgehead atoms. The molecule has 1 aliphatic rings. The fraction of sp³-hybridized carbons (Fsp3) is 0.333. The highest BCUT2D eigenvalue weighted by atomic mass is 79.9. The zero-order chi connectivity index (χ0) is 10.5. The van der Waals surface area contributed by atoms with Gasteiger partial charge in [-0.15, -0.1) is 0 Å². The van der Waals surface area contributed by atoms with Crippen LogP contribution in [-0.4, -0.2) is 11.2 Å². The first-order valence-electron chi connectivity index (χ1n) is 4.04. The van der Waals surface area contributed by atoms with Crippen molar-refractivity contribution in [2.75, 3.05) is 0 Å². The molecule has 1 aromatic rings. The van der Waals surface area contributed by atoms with Gasteiger partial charge in [-0.2, -0.15) is 4.39 Å². The van der Waals surface area contributed by atoms with Gasteiger partial charge >= 0.3 is 0 Å². The second-order valence-electron chi connectivity index (χ2n) is 3.16. The van der Waals surface area contributed by atoms with Gasteiger partial charge in [0.25, 0.3) is 0 Å². The molecule has 0 amide bonds. The molecule has 1 aromatic carbocycles. The standard InChI is InChI=1S/C9H7BrF2O2/c1-3-8(13)6-4(10)2-5(11)7(12)9(6)14-3/h2-3,8,13H,1H3. The van der Waals surface area contributed by atoms with Gasteiger partial charge in [-0.25, -0.2) is 4.39 Å². The van der Waals surface area contributed by atoms with Crippen molar-refractivity contribution in [2.45, 2.75) is 19.1 Å². The van der Waals surface area contributed by atoms with Crippen LogP contribution in [0, 0.1) is 11.6 Å². The van der Waals surface area contributed by atoms with E-state index < -0.39 is 23.8 Å². The second kappa shape index (κ2) is 3.17. The Morgan fingerprint density at radius 1 is 1.50 bits per heavy atom. The van der Waals surface area contributed by atoms with E-state index in [4.69, 9.17) is 4.74 Å². The third-order valence-electron chi connectivity index (χ3n) is 2.21. The van der Waals surface area contributed by atoms with Crippen molar-refractivity contribution in [3.63, 3.8) is 0 Å². The molecule has 0 spiro atoms. The third-order valence-corrected chi connectivity index (χ3v) is 2.86. The molecule has 2 rings (SSSR count). The topological polar surface area (TPSA) is 29.5 Å². The van der Waals surface area contributed by atoms with Gasteiger partial charge in [0.15, 0.2) is 11.6 Å². The third kappa shape index (κ3) is 1.23. The average Bonchev–Trinajstić information content (AvgIpc) is 2.40. The maximum atomic E-state index is 13.2. The lowest BCUT2D eigenvalue weighted by Crippen LogP contribution is -2.13. The molecule has 5 heteroatoms. The van der Waals surface area contributed by atoms with Crippen LogP contribution in [0.5, 0.6) is 5.75 Å². The van der Waals surface area contributed by atoms with E-state index in [0.717, 1.165) is 6.07 Å². The Morgan fingerprint density at radius 3 is 2.79 bits per heavy atom. The summed E-state index contributed by atoms with van der Waals surface area (Å²) in [5.41, 5.74) is 0.274. The smallest absolute Gasteiger partial charge is 0.201 e. The minimum Gasteiger partial charge on any atom is -0.484 e. The van der Waals surface area contributed by atoms with Gasteiger partial charge in [-0.1, -0.05) is 15.9 Å². The van der Waals surface area contributed by atoms with Gasteiger partial charge in [-0.3, -0.25) is 0 Å². The molecule has 1 N–H and O–H groups in total. The van der Waals surface area contributed by atoms with E-state index >= 15 is 0 Å². The van der Waals surface area contributed by atoms with Crippen LogP contribution in [0.4, 0.5) is 8.78 Å². The van der Waals surface area contributed by atoms with Crippen molar-refractivity contribution in [3.05, 3.63) is 27.7 Å². The molecule has 0 radical (unpaired) electrons. The minimum absolute atomic E-state index is 0.197. The van der Waals surface area contributed by atoms with E-state index in [9.17, 15) is 13.9 Å². The molecule has 14 heavy (non-hydrogen) atoms. The SMILES string of the molecule is CC1Oc2c(F)c(F)cc(Br)c2C1O. The fourth-order valence-electron chi connectivity index (χ4n) is 1.46. The van der Waals surface area contributed by atoms with Crippen molar-refractivity contribution in [1.82, 2.24) is 0 Å². The fourth-order valence-corrected chi connectivity index (χ4v) is 2.08. The Balaban J connectivity index is 2.67. The monoisotopic (exact) mass is 264 g/mol. The van der Waals surface area contributed by atoms with Gasteiger partial charge < -0.3 is 9.84 Å². The molecule has 0 saturated carbocycles. The summed E-state index contributed by atoms with van der Waals surface area (Å²) >= 11 is 3.05. The van der Waals surface area contributed by atoms with Crippen molar-refractivity contribution >= 4 is 15.9 Å². The zero-order valence-electron chi connectivity index (χ0n) is 7.22. The van der Waals surface area contributed by atoms with Crippen LogP contribution in [0.1, 0.15) is 18.6 Å². The summed E-state index contributed by atoms with van der Waals surface area (Å²) in [6.45, 7) is 1.59. The number of halogens is 3. The summed E-state index contributed by atoms with van der Waals surface area (Å²) in [7, 11) is 0. The van der Waals surface area contributed by atoms with Crippen LogP contribution in [0.25, 0.3) is 0 Å². The lowest BCUT2D eigenvalue weighted by molar-refractivity contribution is 0.0779. The maximum absolute atomic E-state index is 13.2. The zero-order valence-corrected chi connectivity index (χ0v) is 8.81. The molecule has 0 aliphatic carbocycles. The predicted molar refractivity (Wildman–Crippen MR) is 49.1 cm³/mol. The van der Waals surface area contributed by atoms with Crippen molar-refractivity contribution in [2.24, 2.45) is 0 Å². The first kappa shape index (κ1) is 9.86.